The number of hydrogen-bond donors (Lipinski definition) is 4. The number of carbonyl (C=O) groups is 1. The van der Waals surface area contributed by atoms with Crippen molar-refractivity contribution in [2.24, 2.45) is 5.73 Å². The molecule has 0 atom stereocenters. The topological polar surface area (TPSA) is 108 Å². The lowest BCUT2D eigenvalue weighted by Gasteiger charge is -2.05. The second-order valence-electron chi connectivity index (χ2n) is 2.81. The van der Waals surface area contributed by atoms with Crippen LogP contribution in [0.25, 0.3) is 11.4 Å². The van der Waals surface area contributed by atoms with E-state index in [2.05, 4.69) is 20.4 Å². The summed E-state index contributed by atoms with van der Waals surface area (Å²) in [6.07, 6.45) is 3.27. The molecule has 2 aromatic rings. The van der Waals surface area contributed by atoms with Gasteiger partial charge < -0.3 is 5.73 Å². The second-order valence-corrected chi connectivity index (χ2v) is 2.81. The fourth-order valence-corrected chi connectivity index (χ4v) is 1.09. The molecular weight excluding hydrogens is 196 g/mol. The lowest BCUT2D eigenvalue weighted by atomic mass is 10.3. The Morgan fingerprint density at radius 3 is 2.87 bits per heavy atom. The van der Waals surface area contributed by atoms with E-state index in [1.807, 2.05) is 18.2 Å². The first-order chi connectivity index (χ1) is 7.27. The molecule has 0 aliphatic heterocycles. The van der Waals surface area contributed by atoms with Crippen LogP contribution in [0, 0.1) is 0 Å². The zero-order valence-electron chi connectivity index (χ0n) is 7.77. The molecule has 0 spiro atoms. The van der Waals surface area contributed by atoms with Crippen molar-refractivity contribution in [1.29, 1.82) is 0 Å². The van der Waals surface area contributed by atoms with Crippen LogP contribution in [0.4, 0.5) is 4.79 Å². The van der Waals surface area contributed by atoms with Crippen LogP contribution in [-0.2, 0) is 0 Å². The third kappa shape index (κ3) is 1.90. The molecule has 7 heteroatoms. The normalized spacial score (nSPS) is 9.87. The van der Waals surface area contributed by atoms with Crippen molar-refractivity contribution in [2.75, 3.05) is 0 Å². The monoisotopic (exact) mass is 206 g/mol. The number of nitrogens with one attached hydrogen (secondary N) is 3. The Morgan fingerprint density at radius 1 is 1.47 bits per heavy atom. The molecule has 0 aliphatic rings. The number of aromatic amines is 3. The number of amides is 1. The number of aromatic nitrogens is 5. The highest BCUT2D eigenvalue weighted by atomic mass is 16.2. The van der Waals surface area contributed by atoms with E-state index in [-0.39, 0.29) is 0 Å². The predicted octanol–water partition coefficient (Wildman–Crippen LogP) is 0.586. The minimum Gasteiger partial charge on any atom is -0.349 e. The Morgan fingerprint density at radius 2 is 2.33 bits per heavy atom. The van der Waals surface area contributed by atoms with E-state index in [4.69, 9.17) is 5.73 Å². The zero-order chi connectivity index (χ0) is 10.7. The van der Waals surface area contributed by atoms with Gasteiger partial charge in [-0.25, -0.2) is 10.0 Å². The minimum absolute atomic E-state index is 0.640. The van der Waals surface area contributed by atoms with Gasteiger partial charge in [-0.1, -0.05) is 6.07 Å². The van der Waals surface area contributed by atoms with Gasteiger partial charge in [-0.2, -0.15) is 0 Å². The fraction of sp³-hybridized carbons (Fsp3) is 0. The summed E-state index contributed by atoms with van der Waals surface area (Å²) in [5.74, 6) is 0. The molecule has 0 saturated heterocycles. The Labute approximate surface area is 84.6 Å². The molecular formula is C8H10N6O. The number of primary amides is 1. The molecule has 0 radical (unpaired) electrons. The molecule has 0 bridgehead atoms. The van der Waals surface area contributed by atoms with Gasteiger partial charge in [0.15, 0.2) is 0 Å². The van der Waals surface area contributed by atoms with E-state index in [0.717, 1.165) is 10.5 Å². The van der Waals surface area contributed by atoms with Crippen LogP contribution in [0.5, 0.6) is 0 Å². The second kappa shape index (κ2) is 3.74. The Kier molecular flexibility index (Phi) is 2.28. The van der Waals surface area contributed by atoms with Crippen molar-refractivity contribution >= 4 is 6.03 Å². The maximum Gasteiger partial charge on any atom is 0.354 e. The largest absolute Gasteiger partial charge is 0.354 e. The van der Waals surface area contributed by atoms with Gasteiger partial charge in [-0.05, 0) is 12.1 Å². The summed E-state index contributed by atoms with van der Waals surface area (Å²) >= 11 is 0. The summed E-state index contributed by atoms with van der Waals surface area (Å²) in [6.45, 7) is 0. The Bertz CT molecular complexity index is 468. The summed E-state index contributed by atoms with van der Waals surface area (Å²) < 4.78 is 0. The molecule has 2 rings (SSSR count). The third-order valence-corrected chi connectivity index (χ3v) is 1.80. The highest BCUT2D eigenvalue weighted by Gasteiger charge is 1.99. The van der Waals surface area contributed by atoms with Crippen molar-refractivity contribution in [3.8, 4) is 11.4 Å². The fourth-order valence-electron chi connectivity index (χ4n) is 1.09. The molecule has 2 heterocycles. The average molecular weight is 206 g/mol. The SMILES string of the molecule is NC(=O)n1[nH]cc(-c2ccccn2)[nH][nH]1. The van der Waals surface area contributed by atoms with Crippen molar-refractivity contribution in [3.63, 3.8) is 0 Å². The van der Waals surface area contributed by atoms with E-state index in [0.29, 0.717) is 5.69 Å². The molecule has 1 amide bonds. The molecule has 0 unspecified atom stereocenters. The molecule has 78 valence electrons. The Balaban J connectivity index is 2.36. The molecule has 2 aromatic heterocycles. The molecule has 0 aromatic carbocycles. The van der Waals surface area contributed by atoms with Crippen LogP contribution in [-0.4, -0.2) is 31.2 Å². The van der Waals surface area contributed by atoms with Gasteiger partial charge in [0.2, 0.25) is 0 Å². The molecule has 0 saturated carbocycles. The van der Waals surface area contributed by atoms with Gasteiger partial charge in [-0.3, -0.25) is 15.2 Å². The quantitative estimate of drug-likeness (QED) is 0.547. The standard InChI is InChI=1S/C8H10N6O/c9-8(15)14-11-5-7(12-13-14)6-3-1-2-4-10-6/h1-5,11-13H,(H2,9,15). The highest BCUT2D eigenvalue weighted by Crippen LogP contribution is 2.08. The first-order valence-electron chi connectivity index (χ1n) is 4.26. The highest BCUT2D eigenvalue weighted by molar-refractivity contribution is 5.72. The van der Waals surface area contributed by atoms with Crippen LogP contribution in [0.1, 0.15) is 0 Å². The van der Waals surface area contributed by atoms with Gasteiger partial charge in [0, 0.05) is 12.4 Å². The van der Waals surface area contributed by atoms with Crippen molar-refractivity contribution in [3.05, 3.63) is 30.6 Å². The summed E-state index contributed by atoms with van der Waals surface area (Å²) in [5, 5.41) is 7.98. The summed E-state index contributed by atoms with van der Waals surface area (Å²) in [5.41, 5.74) is 6.50. The first kappa shape index (κ1) is 9.13. The average Bonchev–Trinajstić information content (AvgIpc) is 2.30. The Hall–Kier alpha value is -2.44. The van der Waals surface area contributed by atoms with Gasteiger partial charge in [0.1, 0.15) is 0 Å². The molecule has 5 N–H and O–H groups in total. The van der Waals surface area contributed by atoms with E-state index in [1.165, 1.54) is 0 Å². The molecule has 7 nitrogen and oxygen atoms in total. The zero-order valence-corrected chi connectivity index (χ0v) is 7.77. The number of rotatable bonds is 1. The minimum atomic E-state index is -0.640. The van der Waals surface area contributed by atoms with Crippen LogP contribution >= 0.6 is 0 Å². The van der Waals surface area contributed by atoms with Crippen LogP contribution in [0.15, 0.2) is 30.6 Å². The van der Waals surface area contributed by atoms with E-state index in [9.17, 15) is 4.79 Å². The number of carbonyl (C=O) groups excluding carboxylic acids is 1. The molecule has 0 aliphatic carbocycles. The number of hydrogen-bond acceptors (Lipinski definition) is 2. The smallest absolute Gasteiger partial charge is 0.349 e. The number of H-pyrrole nitrogens is 3. The number of nitrogens with two attached hydrogens (primary N) is 1. The van der Waals surface area contributed by atoms with Crippen molar-refractivity contribution in [1.82, 2.24) is 25.2 Å². The van der Waals surface area contributed by atoms with Crippen LogP contribution < -0.4 is 5.73 Å². The van der Waals surface area contributed by atoms with E-state index in [1.54, 1.807) is 12.4 Å². The summed E-state index contributed by atoms with van der Waals surface area (Å²) in [6, 6.07) is 4.88. The lowest BCUT2D eigenvalue weighted by Crippen LogP contribution is -2.25. The van der Waals surface area contributed by atoms with E-state index >= 15 is 0 Å². The van der Waals surface area contributed by atoms with Gasteiger partial charge in [0.25, 0.3) is 0 Å². The molecule has 0 fully saturated rings. The maximum atomic E-state index is 10.7. The maximum absolute atomic E-state index is 10.7. The summed E-state index contributed by atoms with van der Waals surface area (Å²) in [7, 11) is 0. The molecule has 15 heavy (non-hydrogen) atoms. The predicted molar refractivity (Wildman–Crippen MR) is 53.3 cm³/mol. The lowest BCUT2D eigenvalue weighted by molar-refractivity contribution is 0.242. The third-order valence-electron chi connectivity index (χ3n) is 1.80. The van der Waals surface area contributed by atoms with Crippen molar-refractivity contribution in [2.45, 2.75) is 0 Å². The van der Waals surface area contributed by atoms with Gasteiger partial charge in [-0.15, -0.1) is 4.80 Å². The van der Waals surface area contributed by atoms with Crippen molar-refractivity contribution < 1.29 is 4.79 Å². The summed E-state index contributed by atoms with van der Waals surface area (Å²) in [4.78, 5) is 15.9. The number of nitrogens with zero attached hydrogens (tertiary/aromatic N) is 2. The van der Waals surface area contributed by atoms with E-state index < -0.39 is 6.03 Å². The van der Waals surface area contributed by atoms with Crippen LogP contribution in [0.3, 0.4) is 0 Å². The van der Waals surface area contributed by atoms with Crippen LogP contribution in [0.2, 0.25) is 0 Å². The van der Waals surface area contributed by atoms with Gasteiger partial charge in [0.05, 0.1) is 11.4 Å². The first-order valence-corrected chi connectivity index (χ1v) is 4.26. The van der Waals surface area contributed by atoms with Gasteiger partial charge >= 0.3 is 6.03 Å². The number of pyridine rings is 1.